The van der Waals surface area contributed by atoms with E-state index in [1.165, 1.54) is 200 Å². The third-order valence-electron chi connectivity index (χ3n) is 23.6. The number of hydrogen-bond donors (Lipinski definition) is 0. The first-order chi connectivity index (χ1) is 54.5. The fraction of sp³-hybridized carbons (Fsp3) is 0.259. The molecule has 0 radical (unpaired) electrons. The highest BCUT2D eigenvalue weighted by molar-refractivity contribution is 6.31. The molecule has 0 aromatic heterocycles. The van der Waals surface area contributed by atoms with Crippen LogP contribution in [0, 0.1) is 41.5 Å². The van der Waals surface area contributed by atoms with Gasteiger partial charge in [0.05, 0.1) is 22.7 Å². The van der Waals surface area contributed by atoms with Crippen LogP contribution in [0.2, 0.25) is 0 Å². The second-order valence-electron chi connectivity index (χ2n) is 32.6. The molecule has 4 nitrogen and oxygen atoms in total. The zero-order valence-corrected chi connectivity index (χ0v) is 68.8. The topological polar surface area (TPSA) is 13.0 Å². The standard InChI is InChI=1S/C56H60N2.C52H52N2/c1-9-11-13-43-35-53(57(45-23-15-39(7)16-24-45)47-27-19-41(20-28-47)37(3)4)51-34-32-50-44(14-12-10-2)36-54(52-33-31-49(43)55(51)56(50)52)58(46-25-17-40(8)18-26-46)48-29-21-42(22-30-48)38(5)6;1-7-9-11-39-33-49(53(41-21-13-35(3)14-22-41)42-23-15-36(4)16-24-42)47-32-30-46-40(12-10-8-2)34-50(48-31-29-45(39)51(47)52(46)48)54(43-25-17-37(5)18-26-43)44-27-19-38(6)20-28-44/h15-38H,9-14H2,1-8H3;13-34H,7-12H2,1-6H3. The average molecular weight is 1470 g/mol. The number of rotatable bonds is 26. The van der Waals surface area contributed by atoms with E-state index < -0.39 is 0 Å². The van der Waals surface area contributed by atoms with Gasteiger partial charge in [-0.15, -0.1) is 0 Å². The highest BCUT2D eigenvalue weighted by Crippen LogP contribution is 2.53. The molecule has 0 saturated carbocycles. The van der Waals surface area contributed by atoms with Crippen LogP contribution in [-0.2, 0) is 25.7 Å². The van der Waals surface area contributed by atoms with Gasteiger partial charge in [-0.25, -0.2) is 0 Å². The molecular formula is C108H112N4. The number of benzene rings is 16. The lowest BCUT2D eigenvalue weighted by Gasteiger charge is -2.31. The first-order valence-corrected chi connectivity index (χ1v) is 41.8. The van der Waals surface area contributed by atoms with Gasteiger partial charge in [0.15, 0.2) is 0 Å². The van der Waals surface area contributed by atoms with Gasteiger partial charge in [0.25, 0.3) is 0 Å². The van der Waals surface area contributed by atoms with Crippen LogP contribution >= 0.6 is 0 Å². The molecule has 0 aliphatic rings. The molecule has 112 heavy (non-hydrogen) atoms. The number of aryl methyl sites for hydroxylation is 10. The van der Waals surface area contributed by atoms with Crippen molar-refractivity contribution in [2.75, 3.05) is 19.6 Å². The summed E-state index contributed by atoms with van der Waals surface area (Å²) in [4.78, 5) is 10.0. The summed E-state index contributed by atoms with van der Waals surface area (Å²) in [6.07, 6.45) is 13.4. The van der Waals surface area contributed by atoms with Crippen LogP contribution in [-0.4, -0.2) is 0 Å². The Hall–Kier alpha value is -11.2. The summed E-state index contributed by atoms with van der Waals surface area (Å²) in [5.41, 5.74) is 30.4. The normalized spacial score (nSPS) is 11.7. The van der Waals surface area contributed by atoms with E-state index in [9.17, 15) is 0 Å². The fourth-order valence-corrected chi connectivity index (χ4v) is 17.1. The zero-order chi connectivity index (χ0) is 77.8. The minimum absolute atomic E-state index is 0.473. The number of unbranched alkanes of at least 4 members (excludes halogenated alkanes) is 4. The molecule has 0 bridgehead atoms. The van der Waals surface area contributed by atoms with Gasteiger partial charge in [-0.05, 0) is 303 Å². The van der Waals surface area contributed by atoms with Crippen molar-refractivity contribution in [3.63, 3.8) is 0 Å². The molecule has 16 aromatic carbocycles. The average Bonchev–Trinajstić information content (AvgIpc) is 0.714. The summed E-state index contributed by atoms with van der Waals surface area (Å²) in [6.45, 7) is 31.4. The van der Waals surface area contributed by atoms with E-state index in [0.717, 1.165) is 77.0 Å². The fourth-order valence-electron chi connectivity index (χ4n) is 17.1. The molecule has 4 heteroatoms. The van der Waals surface area contributed by atoms with Crippen LogP contribution in [0.15, 0.2) is 267 Å². The zero-order valence-electron chi connectivity index (χ0n) is 68.8. The number of nitrogens with zero attached hydrogens (tertiary/aromatic N) is 4. The number of hydrogen-bond acceptors (Lipinski definition) is 4. The second-order valence-corrected chi connectivity index (χ2v) is 32.6. The largest absolute Gasteiger partial charge is 0.310 e. The minimum atomic E-state index is 0.473. The van der Waals surface area contributed by atoms with Crippen LogP contribution in [0.1, 0.15) is 185 Å². The Balaban J connectivity index is 0.000000178. The molecule has 0 aliphatic heterocycles. The Labute approximate surface area is 667 Å². The Morgan fingerprint density at radius 1 is 0.205 bits per heavy atom. The lowest BCUT2D eigenvalue weighted by atomic mass is 9.86. The van der Waals surface area contributed by atoms with Gasteiger partial charge in [-0.1, -0.05) is 260 Å². The van der Waals surface area contributed by atoms with Crippen LogP contribution in [0.5, 0.6) is 0 Å². The van der Waals surface area contributed by atoms with Crippen molar-refractivity contribution < 1.29 is 0 Å². The van der Waals surface area contributed by atoms with Gasteiger partial charge >= 0.3 is 0 Å². The molecule has 564 valence electrons. The van der Waals surface area contributed by atoms with Gasteiger partial charge < -0.3 is 19.6 Å². The molecule has 0 fully saturated rings. The van der Waals surface area contributed by atoms with Crippen molar-refractivity contribution in [2.45, 2.75) is 186 Å². The highest BCUT2D eigenvalue weighted by atomic mass is 15.2. The third kappa shape index (κ3) is 15.3. The molecule has 0 aliphatic carbocycles. The maximum Gasteiger partial charge on any atom is 0.0543 e. The summed E-state index contributed by atoms with van der Waals surface area (Å²) < 4.78 is 0. The molecular weight excluding hydrogens is 1350 g/mol. The summed E-state index contributed by atoms with van der Waals surface area (Å²) in [5, 5.41) is 16.2. The van der Waals surface area contributed by atoms with Crippen LogP contribution in [0.25, 0.3) is 64.6 Å². The molecule has 0 amide bonds. The second kappa shape index (κ2) is 33.4. The smallest absolute Gasteiger partial charge is 0.0543 e. The Morgan fingerprint density at radius 3 is 0.527 bits per heavy atom. The van der Waals surface area contributed by atoms with Gasteiger partial charge in [0.1, 0.15) is 0 Å². The SMILES string of the molecule is CCCCc1cc(N(c2ccc(C)cc2)c2ccc(C(C)C)cc2)c2ccc3c(CCCC)cc(N(c4ccc(C)cc4)c4ccc(C(C)C)cc4)c4ccc1c2c34.CCCCc1cc(N(c2ccc(C)cc2)c2ccc(C)cc2)c2ccc3c(CCCC)cc(N(c4ccc(C)cc4)c4ccc(C)cc4)c4ccc1c2c34. The molecule has 0 N–H and O–H groups in total. The van der Waals surface area contributed by atoms with Gasteiger partial charge in [0, 0.05) is 67.0 Å². The molecule has 16 aromatic rings. The molecule has 0 spiro atoms. The van der Waals surface area contributed by atoms with Crippen LogP contribution in [0.4, 0.5) is 68.2 Å². The first kappa shape index (κ1) is 76.2. The van der Waals surface area contributed by atoms with Gasteiger partial charge in [-0.3, -0.25) is 0 Å². The van der Waals surface area contributed by atoms with E-state index in [2.05, 4.69) is 383 Å². The summed E-state index contributed by atoms with van der Waals surface area (Å²) in [6, 6.07) is 102. The van der Waals surface area contributed by atoms with Crippen molar-refractivity contribution in [2.24, 2.45) is 0 Å². The summed E-state index contributed by atoms with van der Waals surface area (Å²) in [5.74, 6) is 0.946. The Kier molecular flexibility index (Phi) is 22.7. The van der Waals surface area contributed by atoms with Crippen LogP contribution in [0.3, 0.4) is 0 Å². The molecule has 0 heterocycles. The first-order valence-electron chi connectivity index (χ1n) is 41.8. The highest BCUT2D eigenvalue weighted by Gasteiger charge is 2.29. The Morgan fingerprint density at radius 2 is 0.366 bits per heavy atom. The lowest BCUT2D eigenvalue weighted by Crippen LogP contribution is -2.13. The molecule has 0 unspecified atom stereocenters. The lowest BCUT2D eigenvalue weighted by molar-refractivity contribution is 0.799. The van der Waals surface area contributed by atoms with Crippen molar-refractivity contribution in [1.82, 2.24) is 0 Å². The van der Waals surface area contributed by atoms with E-state index in [4.69, 9.17) is 0 Å². The monoisotopic (exact) mass is 1460 g/mol. The Bertz CT molecular complexity index is 5430. The number of anilines is 12. The van der Waals surface area contributed by atoms with Crippen molar-refractivity contribution in [3.05, 3.63) is 334 Å². The summed E-state index contributed by atoms with van der Waals surface area (Å²) in [7, 11) is 0. The molecule has 16 rings (SSSR count). The van der Waals surface area contributed by atoms with E-state index >= 15 is 0 Å². The summed E-state index contributed by atoms with van der Waals surface area (Å²) >= 11 is 0. The van der Waals surface area contributed by atoms with Crippen molar-refractivity contribution in [1.29, 1.82) is 0 Å². The van der Waals surface area contributed by atoms with E-state index in [-0.39, 0.29) is 0 Å². The maximum absolute atomic E-state index is 2.52. The van der Waals surface area contributed by atoms with Gasteiger partial charge in [0.2, 0.25) is 0 Å². The quantitative estimate of drug-likeness (QED) is 0.0501. The minimum Gasteiger partial charge on any atom is -0.310 e. The predicted molar refractivity (Wildman–Crippen MR) is 490 cm³/mol. The van der Waals surface area contributed by atoms with Crippen LogP contribution < -0.4 is 19.6 Å². The molecule has 0 atom stereocenters. The van der Waals surface area contributed by atoms with E-state index in [1.54, 1.807) is 0 Å². The molecule has 0 saturated heterocycles. The van der Waals surface area contributed by atoms with Crippen molar-refractivity contribution >= 4 is 133 Å². The van der Waals surface area contributed by atoms with Gasteiger partial charge in [-0.2, -0.15) is 0 Å². The van der Waals surface area contributed by atoms with E-state index in [1.807, 2.05) is 0 Å². The third-order valence-corrected chi connectivity index (χ3v) is 23.6. The van der Waals surface area contributed by atoms with E-state index in [0.29, 0.717) is 11.8 Å². The maximum atomic E-state index is 2.52. The van der Waals surface area contributed by atoms with Crippen molar-refractivity contribution in [3.8, 4) is 0 Å². The predicted octanol–water partition coefficient (Wildman–Crippen LogP) is 32.5.